The molecule has 138 valence electrons. The van der Waals surface area contributed by atoms with Gasteiger partial charge in [-0.2, -0.15) is 0 Å². The second-order valence-corrected chi connectivity index (χ2v) is 11.0. The van der Waals surface area contributed by atoms with Gasteiger partial charge in [-0.1, -0.05) is 40.0 Å². The molecule has 0 bridgehead atoms. The Bertz CT molecular complexity index is 443. The van der Waals surface area contributed by atoms with Crippen LogP contribution in [-0.2, 0) is 6.16 Å². The number of nitro groups is 1. The van der Waals surface area contributed by atoms with E-state index in [1.807, 2.05) is 12.1 Å². The van der Waals surface area contributed by atoms with Crippen LogP contribution >= 0.6 is 7.26 Å². The molecule has 0 unspecified atom stereocenters. The zero-order valence-corrected chi connectivity index (χ0v) is 18.5. The van der Waals surface area contributed by atoms with E-state index >= 15 is 0 Å². The molecule has 0 atom stereocenters. The van der Waals surface area contributed by atoms with Crippen LogP contribution in [0.1, 0.15) is 64.9 Å². The molecule has 0 radical (unpaired) electrons. The van der Waals surface area contributed by atoms with E-state index in [4.69, 9.17) is 0 Å². The summed E-state index contributed by atoms with van der Waals surface area (Å²) < 4.78 is 0. The average molecular weight is 465 g/mol. The van der Waals surface area contributed by atoms with Gasteiger partial charge in [-0.15, -0.1) is 0 Å². The topological polar surface area (TPSA) is 43.1 Å². The minimum Gasteiger partial charge on any atom is -1.00 e. The summed E-state index contributed by atoms with van der Waals surface area (Å²) in [4.78, 5) is 10.5. The number of unbranched alkanes of at least 4 members (excludes halogenated alkanes) is 3. The predicted molar refractivity (Wildman–Crippen MR) is 103 cm³/mol. The highest BCUT2D eigenvalue weighted by Gasteiger charge is 2.35. The largest absolute Gasteiger partial charge is 1.00 e. The molecule has 0 N–H and O–H groups in total. The van der Waals surface area contributed by atoms with Gasteiger partial charge in [-0.05, 0) is 37.0 Å². The first-order chi connectivity index (χ1) is 11.1. The Labute approximate surface area is 165 Å². The Morgan fingerprint density at radius 2 is 1.29 bits per heavy atom. The predicted octanol–water partition coefficient (Wildman–Crippen LogP) is 3.52. The highest BCUT2D eigenvalue weighted by Crippen LogP contribution is 2.63. The molecule has 5 heteroatoms. The monoisotopic (exact) mass is 465 g/mol. The fraction of sp³-hybridized carbons (Fsp3) is 0.684. The van der Waals surface area contributed by atoms with Crippen LogP contribution in [-0.4, -0.2) is 23.4 Å². The van der Waals surface area contributed by atoms with Crippen molar-refractivity contribution in [3.8, 4) is 0 Å². The number of hydrogen-bond acceptors (Lipinski definition) is 2. The molecule has 0 aliphatic heterocycles. The van der Waals surface area contributed by atoms with Gasteiger partial charge in [0.05, 0.1) is 29.6 Å². The lowest BCUT2D eigenvalue weighted by molar-refractivity contribution is -0.384. The lowest BCUT2D eigenvalue weighted by atomic mass is 10.2. The van der Waals surface area contributed by atoms with E-state index in [0.717, 1.165) is 0 Å². The van der Waals surface area contributed by atoms with Crippen LogP contribution in [0.2, 0.25) is 0 Å². The molecule has 0 heterocycles. The van der Waals surface area contributed by atoms with Gasteiger partial charge in [0.1, 0.15) is 0 Å². The van der Waals surface area contributed by atoms with Gasteiger partial charge in [-0.3, -0.25) is 10.1 Å². The molecule has 1 rings (SSSR count). The molecule has 0 aliphatic carbocycles. The van der Waals surface area contributed by atoms with Crippen molar-refractivity contribution in [2.45, 2.75) is 65.5 Å². The normalized spacial score (nSPS) is 11.1. The Hall–Kier alpha value is -0.220. The first-order valence-electron chi connectivity index (χ1n) is 9.15. The highest BCUT2D eigenvalue weighted by molar-refractivity contribution is 7.75. The number of halogens is 1. The van der Waals surface area contributed by atoms with Crippen molar-refractivity contribution in [2.24, 2.45) is 0 Å². The van der Waals surface area contributed by atoms with E-state index in [1.54, 1.807) is 12.1 Å². The lowest BCUT2D eigenvalue weighted by Crippen LogP contribution is -3.00. The van der Waals surface area contributed by atoms with Gasteiger partial charge in [0, 0.05) is 19.4 Å². The maximum absolute atomic E-state index is 10.8. The van der Waals surface area contributed by atoms with Gasteiger partial charge in [0.2, 0.25) is 0 Å². The third kappa shape index (κ3) is 8.24. The molecule has 0 saturated heterocycles. The van der Waals surface area contributed by atoms with E-state index in [-0.39, 0.29) is 34.6 Å². The van der Waals surface area contributed by atoms with Crippen molar-refractivity contribution in [2.75, 3.05) is 18.5 Å². The number of nitro benzene ring substituents is 1. The number of nitrogens with zero attached hydrogens (tertiary/aromatic N) is 1. The summed E-state index contributed by atoms with van der Waals surface area (Å²) in [6.07, 6.45) is 13.1. The summed E-state index contributed by atoms with van der Waals surface area (Å²) in [5, 5.41) is 10.8. The molecule has 1 aromatic rings. The Morgan fingerprint density at radius 1 is 0.875 bits per heavy atom. The van der Waals surface area contributed by atoms with Crippen LogP contribution in [0, 0.1) is 10.1 Å². The minimum atomic E-state index is -0.976. The van der Waals surface area contributed by atoms with Gasteiger partial charge >= 0.3 is 0 Å². The lowest BCUT2D eigenvalue weighted by Gasteiger charge is -2.28. The van der Waals surface area contributed by atoms with Gasteiger partial charge in [0.25, 0.3) is 5.69 Å². The fourth-order valence-corrected chi connectivity index (χ4v) is 8.26. The molecule has 0 aromatic heterocycles. The first kappa shape index (κ1) is 23.8. The molecular weight excluding hydrogens is 432 g/mol. The second-order valence-electron chi connectivity index (χ2n) is 6.65. The average Bonchev–Trinajstić information content (AvgIpc) is 2.56. The van der Waals surface area contributed by atoms with Crippen LogP contribution in [0.4, 0.5) is 5.69 Å². The van der Waals surface area contributed by atoms with Crippen molar-refractivity contribution in [1.29, 1.82) is 0 Å². The standard InChI is InChI=1S/C19H33NO2P.HI/c1-4-7-14-23(15-8-5-2,16-9-6-3)17-18-10-12-19(13-11-18)20(21)22;/h10-13H,4-9,14-17H2,1-3H3;1H/q+1;/p-1. The molecule has 0 saturated carbocycles. The molecule has 0 fully saturated rings. The van der Waals surface area contributed by atoms with Gasteiger partial charge < -0.3 is 24.0 Å². The van der Waals surface area contributed by atoms with Crippen molar-refractivity contribution in [3.05, 3.63) is 39.9 Å². The number of hydrogen-bond donors (Lipinski definition) is 0. The third-order valence-electron chi connectivity index (χ3n) is 4.62. The molecule has 0 aliphatic rings. The van der Waals surface area contributed by atoms with E-state index in [9.17, 15) is 10.1 Å². The number of benzene rings is 1. The van der Waals surface area contributed by atoms with Crippen LogP contribution in [0.15, 0.2) is 24.3 Å². The van der Waals surface area contributed by atoms with Crippen molar-refractivity contribution < 1.29 is 28.9 Å². The Kier molecular flexibility index (Phi) is 12.9. The summed E-state index contributed by atoms with van der Waals surface area (Å²) in [5.41, 5.74) is 1.50. The summed E-state index contributed by atoms with van der Waals surface area (Å²) >= 11 is 0. The quantitative estimate of drug-likeness (QED) is 0.205. The van der Waals surface area contributed by atoms with Crippen molar-refractivity contribution >= 4 is 12.9 Å². The van der Waals surface area contributed by atoms with E-state index < -0.39 is 7.26 Å². The molecule has 24 heavy (non-hydrogen) atoms. The van der Waals surface area contributed by atoms with Gasteiger partial charge in [-0.25, -0.2) is 0 Å². The molecular formula is C19H33INO2P. The minimum absolute atomic E-state index is 0. The third-order valence-corrected chi connectivity index (χ3v) is 9.45. The smallest absolute Gasteiger partial charge is 0.269 e. The first-order valence-corrected chi connectivity index (χ1v) is 11.7. The molecule has 0 amide bonds. The maximum atomic E-state index is 10.8. The zero-order valence-electron chi connectivity index (χ0n) is 15.5. The second kappa shape index (κ2) is 13.0. The van der Waals surface area contributed by atoms with Crippen LogP contribution in [0.25, 0.3) is 0 Å². The summed E-state index contributed by atoms with van der Waals surface area (Å²) in [6, 6.07) is 7.31. The molecule has 0 spiro atoms. The van der Waals surface area contributed by atoms with E-state index in [1.165, 1.54) is 68.7 Å². The summed E-state index contributed by atoms with van der Waals surface area (Å²) in [5.74, 6) is 0. The number of rotatable bonds is 12. The molecule has 3 nitrogen and oxygen atoms in total. The molecule has 1 aromatic carbocycles. The highest BCUT2D eigenvalue weighted by atomic mass is 127. The zero-order chi connectivity index (χ0) is 17.1. The van der Waals surface area contributed by atoms with E-state index in [0.29, 0.717) is 0 Å². The van der Waals surface area contributed by atoms with Gasteiger partial charge in [0.15, 0.2) is 0 Å². The SMILES string of the molecule is CCCC[P+](CCCC)(CCCC)Cc1ccc([N+](=O)[O-])cc1.[I-]. The Balaban J connectivity index is 0.00000529. The van der Waals surface area contributed by atoms with Crippen LogP contribution < -0.4 is 24.0 Å². The Morgan fingerprint density at radius 3 is 1.62 bits per heavy atom. The van der Waals surface area contributed by atoms with Crippen molar-refractivity contribution in [3.63, 3.8) is 0 Å². The fourth-order valence-electron chi connectivity index (χ4n) is 3.16. The van der Waals surface area contributed by atoms with Crippen LogP contribution in [0.5, 0.6) is 0 Å². The van der Waals surface area contributed by atoms with Crippen molar-refractivity contribution in [1.82, 2.24) is 0 Å². The van der Waals surface area contributed by atoms with Crippen LogP contribution in [0.3, 0.4) is 0 Å². The maximum Gasteiger partial charge on any atom is 0.269 e. The summed E-state index contributed by atoms with van der Waals surface area (Å²) in [7, 11) is -0.976. The van der Waals surface area contributed by atoms with E-state index in [2.05, 4.69) is 20.8 Å². The summed E-state index contributed by atoms with van der Waals surface area (Å²) in [6.45, 7) is 6.83. The number of non-ortho nitro benzene ring substituents is 1.